The van der Waals surface area contributed by atoms with Crippen LogP contribution >= 0.6 is 0 Å². The molecule has 1 aromatic carbocycles. The predicted molar refractivity (Wildman–Crippen MR) is 115 cm³/mol. The molecule has 3 aliphatic rings. The highest BCUT2D eigenvalue weighted by molar-refractivity contribution is 5.93. The van der Waals surface area contributed by atoms with Crippen LogP contribution in [0.3, 0.4) is 0 Å². The zero-order chi connectivity index (χ0) is 21.2. The van der Waals surface area contributed by atoms with Gasteiger partial charge in [0.25, 0.3) is 5.91 Å². The van der Waals surface area contributed by atoms with Gasteiger partial charge in [0.05, 0.1) is 25.2 Å². The molecule has 0 radical (unpaired) electrons. The number of aromatic nitrogens is 2. The number of carbonyl (C=O) groups is 2. The van der Waals surface area contributed by atoms with E-state index in [2.05, 4.69) is 17.1 Å². The number of imidazole rings is 1. The van der Waals surface area contributed by atoms with Gasteiger partial charge in [0, 0.05) is 32.1 Å². The highest BCUT2D eigenvalue weighted by atomic mass is 16.5. The second kappa shape index (κ2) is 8.83. The van der Waals surface area contributed by atoms with Crippen molar-refractivity contribution in [2.24, 2.45) is 5.92 Å². The zero-order valence-corrected chi connectivity index (χ0v) is 17.9. The molecule has 1 unspecified atom stereocenters. The van der Waals surface area contributed by atoms with Crippen LogP contribution in [0, 0.1) is 5.92 Å². The lowest BCUT2D eigenvalue weighted by Crippen LogP contribution is -2.46. The molecule has 0 aliphatic carbocycles. The van der Waals surface area contributed by atoms with E-state index in [9.17, 15) is 9.59 Å². The number of fused-ring (bicyclic) bond motifs is 1. The van der Waals surface area contributed by atoms with Gasteiger partial charge in [0.2, 0.25) is 5.91 Å². The second-order valence-corrected chi connectivity index (χ2v) is 8.85. The first-order valence-corrected chi connectivity index (χ1v) is 11.5. The standard InChI is InChI=1S/C24H30N4O3/c29-23(26-11-5-2-6-12-26)19-9-13-27(14-10-19)24(30)22-20-16-31-21(15-28(20)17-25-22)18-7-3-1-4-8-18/h1,3-4,7-8,17,19,21H,2,5-6,9-16H2. The van der Waals surface area contributed by atoms with Gasteiger partial charge in [-0.15, -0.1) is 0 Å². The maximum Gasteiger partial charge on any atom is 0.274 e. The van der Waals surface area contributed by atoms with E-state index in [-0.39, 0.29) is 23.8 Å². The molecule has 0 spiro atoms. The number of hydrogen-bond acceptors (Lipinski definition) is 4. The van der Waals surface area contributed by atoms with Gasteiger partial charge in [0.1, 0.15) is 6.10 Å². The first-order chi connectivity index (χ1) is 15.2. The molecule has 7 nitrogen and oxygen atoms in total. The summed E-state index contributed by atoms with van der Waals surface area (Å²) in [5.74, 6) is 0.291. The summed E-state index contributed by atoms with van der Waals surface area (Å²) in [6.45, 7) is 4.05. The number of nitrogens with zero attached hydrogens (tertiary/aromatic N) is 4. The lowest BCUT2D eigenvalue weighted by Gasteiger charge is -2.35. The molecule has 1 atom stereocenters. The molecule has 0 saturated carbocycles. The molecule has 1 aromatic heterocycles. The number of likely N-dealkylation sites (tertiary alicyclic amines) is 2. The zero-order valence-electron chi connectivity index (χ0n) is 17.9. The summed E-state index contributed by atoms with van der Waals surface area (Å²) in [6, 6.07) is 10.1. The average Bonchev–Trinajstić information content (AvgIpc) is 3.27. The fourth-order valence-electron chi connectivity index (χ4n) is 5.03. The van der Waals surface area contributed by atoms with Crippen molar-refractivity contribution in [3.63, 3.8) is 0 Å². The van der Waals surface area contributed by atoms with Gasteiger partial charge >= 0.3 is 0 Å². The van der Waals surface area contributed by atoms with Crippen LogP contribution in [0.2, 0.25) is 0 Å². The van der Waals surface area contributed by atoms with E-state index in [0.717, 1.165) is 50.0 Å². The number of rotatable bonds is 3. The number of amides is 2. The van der Waals surface area contributed by atoms with E-state index >= 15 is 0 Å². The highest BCUT2D eigenvalue weighted by Crippen LogP contribution is 2.29. The quantitative estimate of drug-likeness (QED) is 0.763. The second-order valence-electron chi connectivity index (χ2n) is 8.85. The van der Waals surface area contributed by atoms with Crippen molar-refractivity contribution in [3.05, 3.63) is 53.6 Å². The molecule has 164 valence electrons. The van der Waals surface area contributed by atoms with Crippen molar-refractivity contribution in [2.45, 2.75) is 51.4 Å². The smallest absolute Gasteiger partial charge is 0.274 e. The average molecular weight is 423 g/mol. The van der Waals surface area contributed by atoms with Crippen LogP contribution in [0.15, 0.2) is 36.7 Å². The Morgan fingerprint density at radius 1 is 0.935 bits per heavy atom. The maximum atomic E-state index is 13.2. The molecule has 2 amide bonds. The van der Waals surface area contributed by atoms with Crippen LogP contribution in [0.1, 0.15) is 60.0 Å². The van der Waals surface area contributed by atoms with Gasteiger partial charge in [-0.25, -0.2) is 4.98 Å². The van der Waals surface area contributed by atoms with Crippen molar-refractivity contribution in [3.8, 4) is 0 Å². The maximum absolute atomic E-state index is 13.2. The number of hydrogen-bond donors (Lipinski definition) is 0. The number of piperidine rings is 2. The Morgan fingerprint density at radius 3 is 2.42 bits per heavy atom. The summed E-state index contributed by atoms with van der Waals surface area (Å²) in [4.78, 5) is 34.3. The minimum Gasteiger partial charge on any atom is -0.365 e. The largest absolute Gasteiger partial charge is 0.365 e. The van der Waals surface area contributed by atoms with Crippen molar-refractivity contribution in [2.75, 3.05) is 26.2 Å². The van der Waals surface area contributed by atoms with Crippen molar-refractivity contribution in [1.82, 2.24) is 19.4 Å². The van der Waals surface area contributed by atoms with Gasteiger partial charge < -0.3 is 19.1 Å². The van der Waals surface area contributed by atoms with E-state index in [1.165, 1.54) is 6.42 Å². The topological polar surface area (TPSA) is 67.7 Å². The number of ether oxygens (including phenoxy) is 1. The number of carbonyl (C=O) groups excluding carboxylic acids is 2. The van der Waals surface area contributed by atoms with Crippen molar-refractivity contribution < 1.29 is 14.3 Å². The van der Waals surface area contributed by atoms with Crippen LogP contribution in [0.4, 0.5) is 0 Å². The molecule has 7 heteroatoms. The van der Waals surface area contributed by atoms with Gasteiger partial charge in [-0.05, 0) is 37.7 Å². The van der Waals surface area contributed by atoms with Gasteiger partial charge in [-0.2, -0.15) is 0 Å². The summed E-state index contributed by atoms with van der Waals surface area (Å²) in [5, 5.41) is 0. The first-order valence-electron chi connectivity index (χ1n) is 11.5. The lowest BCUT2D eigenvalue weighted by molar-refractivity contribution is -0.137. The fraction of sp³-hybridized carbons (Fsp3) is 0.542. The van der Waals surface area contributed by atoms with Crippen molar-refractivity contribution in [1.29, 1.82) is 0 Å². The molecular weight excluding hydrogens is 392 g/mol. The molecule has 0 bridgehead atoms. The normalized spacial score (nSPS) is 22.3. The molecule has 2 saturated heterocycles. The third kappa shape index (κ3) is 4.11. The van der Waals surface area contributed by atoms with Crippen molar-refractivity contribution >= 4 is 11.8 Å². The third-order valence-corrected chi connectivity index (χ3v) is 6.90. The Hall–Kier alpha value is -2.67. The summed E-state index contributed by atoms with van der Waals surface area (Å²) < 4.78 is 8.10. The molecule has 4 heterocycles. The van der Waals surface area contributed by atoms with Crippen LogP contribution in [0.5, 0.6) is 0 Å². The van der Waals surface area contributed by atoms with E-state index in [1.54, 1.807) is 6.33 Å². The highest BCUT2D eigenvalue weighted by Gasteiger charge is 2.33. The summed E-state index contributed by atoms with van der Waals surface area (Å²) in [5.41, 5.74) is 2.48. The summed E-state index contributed by atoms with van der Waals surface area (Å²) >= 11 is 0. The van der Waals surface area contributed by atoms with Crippen LogP contribution in [-0.2, 0) is 22.7 Å². The van der Waals surface area contributed by atoms with Crippen LogP contribution < -0.4 is 0 Å². The summed E-state index contributed by atoms with van der Waals surface area (Å²) in [6.07, 6.45) is 6.66. The Kier molecular flexibility index (Phi) is 5.76. The van der Waals surface area contributed by atoms with E-state index in [4.69, 9.17) is 4.74 Å². The molecule has 5 rings (SSSR count). The molecule has 0 N–H and O–H groups in total. The van der Waals surface area contributed by atoms with Crippen LogP contribution in [0.25, 0.3) is 0 Å². The molecular formula is C24H30N4O3. The molecule has 2 aromatic rings. The van der Waals surface area contributed by atoms with Gasteiger partial charge in [-0.1, -0.05) is 30.3 Å². The van der Waals surface area contributed by atoms with E-state index in [1.807, 2.05) is 32.6 Å². The Balaban J connectivity index is 1.20. The summed E-state index contributed by atoms with van der Waals surface area (Å²) in [7, 11) is 0. The Morgan fingerprint density at radius 2 is 1.68 bits per heavy atom. The SMILES string of the molecule is O=C(c1ncn2c1COC(c1ccccc1)C2)N1CCC(C(=O)N2CCCCC2)CC1. The lowest BCUT2D eigenvalue weighted by atomic mass is 9.94. The van der Waals surface area contributed by atoms with Gasteiger partial charge in [0.15, 0.2) is 5.69 Å². The fourth-order valence-corrected chi connectivity index (χ4v) is 5.03. The molecule has 31 heavy (non-hydrogen) atoms. The van der Waals surface area contributed by atoms with E-state index in [0.29, 0.717) is 31.9 Å². The van der Waals surface area contributed by atoms with Gasteiger partial charge in [-0.3, -0.25) is 9.59 Å². The number of benzene rings is 1. The minimum atomic E-state index is -0.0422. The third-order valence-electron chi connectivity index (χ3n) is 6.90. The molecule has 2 fully saturated rings. The Labute approximate surface area is 183 Å². The minimum absolute atomic E-state index is 0.0256. The molecule has 3 aliphatic heterocycles. The first kappa shape index (κ1) is 20.2. The predicted octanol–water partition coefficient (Wildman–Crippen LogP) is 3.02. The van der Waals surface area contributed by atoms with Crippen LogP contribution in [-0.4, -0.2) is 57.3 Å². The van der Waals surface area contributed by atoms with E-state index < -0.39 is 0 Å². The Bertz CT molecular complexity index is 928. The monoisotopic (exact) mass is 422 g/mol.